The van der Waals surface area contributed by atoms with E-state index in [1.807, 2.05) is 0 Å². The van der Waals surface area contributed by atoms with E-state index in [1.54, 1.807) is 18.2 Å². The summed E-state index contributed by atoms with van der Waals surface area (Å²) in [6, 6.07) is 6.48. The number of benzene rings is 1. The number of phenolic OH excluding ortho intramolecular Hbond substituents is 1. The molecule has 0 unspecified atom stereocenters. The van der Waals surface area contributed by atoms with Crippen LogP contribution in [-0.2, 0) is 4.74 Å². The van der Waals surface area contributed by atoms with Gasteiger partial charge in [0.2, 0.25) is 0 Å². The molecular weight excluding hydrogens is 414 g/mol. The first-order chi connectivity index (χ1) is 10.8. The van der Waals surface area contributed by atoms with Gasteiger partial charge in [0, 0.05) is 0 Å². The van der Waals surface area contributed by atoms with Crippen LogP contribution in [0.25, 0.3) is 0 Å². The quantitative estimate of drug-likeness (QED) is 0.269. The van der Waals surface area contributed by atoms with E-state index < -0.39 is 5.97 Å². The Labute approximate surface area is 184 Å². The molecule has 1 aromatic rings. The molecule has 1 N–H and O–H groups in total. The van der Waals surface area contributed by atoms with Crippen LogP contribution in [0.3, 0.4) is 0 Å². The van der Waals surface area contributed by atoms with Gasteiger partial charge in [0.05, 0.1) is 6.61 Å². The third-order valence-electron chi connectivity index (χ3n) is 3.86. The van der Waals surface area contributed by atoms with Gasteiger partial charge in [-0.15, -0.1) is 0 Å². The third kappa shape index (κ3) is 11.3. The van der Waals surface area contributed by atoms with Crippen LogP contribution < -0.4 is 0 Å². The summed E-state index contributed by atoms with van der Waals surface area (Å²) in [7, 11) is 0. The predicted octanol–water partition coefficient (Wildman–Crippen LogP) is 5.31. The summed E-state index contributed by atoms with van der Waals surface area (Å²) in [4.78, 5) is 11.7. The van der Waals surface area contributed by atoms with Crippen molar-refractivity contribution in [3.8, 4) is 5.75 Å². The van der Waals surface area contributed by atoms with Crippen molar-refractivity contribution in [3.63, 3.8) is 0 Å². The van der Waals surface area contributed by atoms with E-state index in [0.29, 0.717) is 6.61 Å². The Morgan fingerprint density at radius 1 is 0.957 bits per heavy atom. The van der Waals surface area contributed by atoms with Gasteiger partial charge in [0.1, 0.15) is 11.3 Å². The van der Waals surface area contributed by atoms with Crippen LogP contribution in [0.2, 0.25) is 0 Å². The zero-order valence-corrected chi connectivity index (χ0v) is 19.0. The molecule has 4 heteroatoms. The van der Waals surface area contributed by atoms with Crippen LogP contribution in [0.15, 0.2) is 24.3 Å². The van der Waals surface area contributed by atoms with Gasteiger partial charge in [-0.1, -0.05) is 76.8 Å². The average Bonchev–Trinajstić information content (AvgIpc) is 2.53. The molecule has 0 aromatic heterocycles. The summed E-state index contributed by atoms with van der Waals surface area (Å²) in [5.74, 6) is -0.454. The maximum Gasteiger partial charge on any atom is 2.00 e. The molecule has 23 heavy (non-hydrogen) atoms. The molecule has 0 amide bonds. The molecule has 0 fully saturated rings. The third-order valence-corrected chi connectivity index (χ3v) is 3.86. The zero-order valence-electron chi connectivity index (χ0n) is 16.6. The molecule has 0 aliphatic heterocycles. The molecule has 1 aromatic carbocycles. The molecule has 3 nitrogen and oxygen atoms in total. The molecule has 0 spiro atoms. The molecule has 0 atom stereocenters. The van der Waals surface area contributed by atoms with Gasteiger partial charge < -0.3 is 12.7 Å². The van der Waals surface area contributed by atoms with E-state index >= 15 is 0 Å². The Balaban J connectivity index is -0.00000161. The summed E-state index contributed by atoms with van der Waals surface area (Å²) in [6.07, 6.45) is 12.6. The average molecular weight is 446 g/mol. The fourth-order valence-electron chi connectivity index (χ4n) is 2.48. The minimum absolute atomic E-state index is 0. The number of aromatic hydroxyl groups is 1. The zero-order chi connectivity index (χ0) is 16.0. The second-order valence-electron chi connectivity index (χ2n) is 5.84. The van der Waals surface area contributed by atoms with E-state index in [1.165, 1.54) is 57.4 Å². The van der Waals surface area contributed by atoms with Gasteiger partial charge in [-0.3, -0.25) is 0 Å². The van der Waals surface area contributed by atoms with Crippen molar-refractivity contribution in [3.05, 3.63) is 29.8 Å². The summed E-state index contributed by atoms with van der Waals surface area (Å²) in [5.41, 5.74) is 0.245. The SMILES string of the molecule is CCCCCCCCCCCCOC(=O)c1ccccc1O.[Ba+2].[H-].[H-]. The fraction of sp³-hybridized carbons (Fsp3) is 0.632. The second kappa shape index (κ2) is 15.6. The smallest absolute Gasteiger partial charge is 1.00 e. The number of phenols is 1. The molecule has 0 aliphatic rings. The van der Waals surface area contributed by atoms with E-state index in [-0.39, 0.29) is 63.0 Å². The van der Waals surface area contributed by atoms with Crippen LogP contribution in [0.5, 0.6) is 5.75 Å². The number of carbonyl (C=O) groups is 1. The number of rotatable bonds is 12. The Kier molecular flexibility index (Phi) is 15.6. The normalized spacial score (nSPS) is 10.1. The molecular formula is C19H32BaO3. The van der Waals surface area contributed by atoms with Crippen LogP contribution in [-0.4, -0.2) is 66.6 Å². The van der Waals surface area contributed by atoms with Gasteiger partial charge in [0.25, 0.3) is 0 Å². The standard InChI is InChI=1S/C19H30O3.Ba.2H/c1-2-3-4-5-6-7-8-9-10-13-16-22-19(21)17-14-11-12-15-18(17)20;;;/h11-12,14-15,20H,2-10,13,16H2,1H3;;;/q;+2;2*-1. The first-order valence-corrected chi connectivity index (χ1v) is 8.70. The molecule has 128 valence electrons. The number of para-hydroxylation sites is 1. The summed E-state index contributed by atoms with van der Waals surface area (Å²) < 4.78 is 5.18. The molecule has 0 radical (unpaired) electrons. The number of carbonyl (C=O) groups excluding carboxylic acids is 1. The summed E-state index contributed by atoms with van der Waals surface area (Å²) >= 11 is 0. The van der Waals surface area contributed by atoms with Crippen molar-refractivity contribution >= 4 is 54.9 Å². The van der Waals surface area contributed by atoms with Crippen molar-refractivity contribution in [1.82, 2.24) is 0 Å². The van der Waals surface area contributed by atoms with E-state index in [0.717, 1.165) is 12.8 Å². The Morgan fingerprint density at radius 3 is 2.04 bits per heavy atom. The second-order valence-corrected chi connectivity index (χ2v) is 5.84. The molecule has 0 heterocycles. The van der Waals surface area contributed by atoms with Gasteiger partial charge in [-0.2, -0.15) is 0 Å². The number of hydrogen-bond donors (Lipinski definition) is 1. The first kappa shape index (κ1) is 23.1. The molecule has 0 bridgehead atoms. The summed E-state index contributed by atoms with van der Waals surface area (Å²) in [5, 5.41) is 9.56. The van der Waals surface area contributed by atoms with Gasteiger partial charge >= 0.3 is 54.9 Å². The summed E-state index contributed by atoms with van der Waals surface area (Å²) in [6.45, 7) is 2.68. The Morgan fingerprint density at radius 2 is 1.48 bits per heavy atom. The minimum atomic E-state index is -0.436. The van der Waals surface area contributed by atoms with Crippen molar-refractivity contribution < 1.29 is 17.5 Å². The van der Waals surface area contributed by atoms with Gasteiger partial charge in [0.15, 0.2) is 0 Å². The number of ether oxygens (including phenoxy) is 1. The minimum Gasteiger partial charge on any atom is -1.00 e. The molecule has 1 rings (SSSR count). The molecule has 0 saturated carbocycles. The number of unbranched alkanes of at least 4 members (excludes halogenated alkanes) is 9. The topological polar surface area (TPSA) is 46.5 Å². The van der Waals surface area contributed by atoms with Crippen LogP contribution >= 0.6 is 0 Å². The Hall–Kier alpha value is 0.0614. The van der Waals surface area contributed by atoms with E-state index in [2.05, 4.69) is 6.92 Å². The van der Waals surface area contributed by atoms with Gasteiger partial charge in [-0.25, -0.2) is 4.79 Å². The van der Waals surface area contributed by atoms with E-state index in [4.69, 9.17) is 4.74 Å². The van der Waals surface area contributed by atoms with Gasteiger partial charge in [-0.05, 0) is 18.6 Å². The number of esters is 1. The largest absolute Gasteiger partial charge is 2.00 e. The van der Waals surface area contributed by atoms with Crippen molar-refractivity contribution in [2.45, 2.75) is 71.1 Å². The van der Waals surface area contributed by atoms with Crippen molar-refractivity contribution in [2.75, 3.05) is 6.61 Å². The molecule has 0 aliphatic carbocycles. The maximum atomic E-state index is 11.7. The predicted molar refractivity (Wildman–Crippen MR) is 98.2 cm³/mol. The van der Waals surface area contributed by atoms with Crippen LogP contribution in [0, 0.1) is 0 Å². The van der Waals surface area contributed by atoms with Crippen LogP contribution in [0.4, 0.5) is 0 Å². The van der Waals surface area contributed by atoms with Crippen LogP contribution in [0.1, 0.15) is 84.3 Å². The maximum absolute atomic E-state index is 11.7. The van der Waals surface area contributed by atoms with E-state index in [9.17, 15) is 9.90 Å². The number of hydrogen-bond acceptors (Lipinski definition) is 3. The fourth-order valence-corrected chi connectivity index (χ4v) is 2.48. The molecule has 0 saturated heterocycles. The Bertz CT molecular complexity index is 431. The first-order valence-electron chi connectivity index (χ1n) is 8.70. The van der Waals surface area contributed by atoms with Crippen molar-refractivity contribution in [2.24, 2.45) is 0 Å². The van der Waals surface area contributed by atoms with Crippen molar-refractivity contribution in [1.29, 1.82) is 0 Å². The monoisotopic (exact) mass is 446 g/mol.